The Morgan fingerprint density at radius 1 is 1.22 bits per heavy atom. The highest BCUT2D eigenvalue weighted by atomic mass is 35.5. The summed E-state index contributed by atoms with van der Waals surface area (Å²) < 4.78 is 0.680. The summed E-state index contributed by atoms with van der Waals surface area (Å²) in [7, 11) is 0. The van der Waals surface area contributed by atoms with Crippen LogP contribution in [0.15, 0.2) is 30.3 Å². The quantitative estimate of drug-likeness (QED) is 0.766. The first-order chi connectivity index (χ1) is 12.9. The number of likely N-dealkylation sites (tertiary alicyclic amines) is 1. The lowest BCUT2D eigenvalue weighted by Crippen LogP contribution is -2.44. The van der Waals surface area contributed by atoms with Gasteiger partial charge in [0.05, 0.1) is 10.9 Å². The molecule has 0 unspecified atom stereocenters. The molecule has 1 aromatic heterocycles. The number of piperidine rings is 1. The van der Waals surface area contributed by atoms with Gasteiger partial charge in [0.2, 0.25) is 5.91 Å². The minimum absolute atomic E-state index is 0.0226. The van der Waals surface area contributed by atoms with Crippen molar-refractivity contribution in [2.45, 2.75) is 31.3 Å². The van der Waals surface area contributed by atoms with Crippen molar-refractivity contribution in [3.63, 3.8) is 0 Å². The number of rotatable bonds is 4. The van der Waals surface area contributed by atoms with Crippen molar-refractivity contribution in [3.05, 3.63) is 50.7 Å². The van der Waals surface area contributed by atoms with Gasteiger partial charge in [-0.15, -0.1) is 11.3 Å². The fraction of sp³-hybridized carbons (Fsp3) is 0.400. The smallest absolute Gasteiger partial charge is 0.224 e. The molecule has 0 aliphatic carbocycles. The molecule has 3 heterocycles. The summed E-state index contributed by atoms with van der Waals surface area (Å²) >= 11 is 7.41. The van der Waals surface area contributed by atoms with Gasteiger partial charge in [-0.25, -0.2) is 0 Å². The summed E-state index contributed by atoms with van der Waals surface area (Å²) in [6.45, 7) is 1.67. The second kappa shape index (κ2) is 7.36. The molecule has 7 heteroatoms. The van der Waals surface area contributed by atoms with E-state index in [0.717, 1.165) is 16.1 Å². The Kier molecular flexibility index (Phi) is 5.07. The zero-order valence-electron chi connectivity index (χ0n) is 14.8. The molecule has 0 bridgehead atoms. The predicted octanol–water partition coefficient (Wildman–Crippen LogP) is 3.45. The number of fused-ring (bicyclic) bond motifs is 1. The van der Waals surface area contributed by atoms with Gasteiger partial charge in [-0.05, 0) is 55.2 Å². The molecule has 4 rings (SSSR count). The molecule has 2 aliphatic heterocycles. The molecule has 0 atom stereocenters. The first-order valence-electron chi connectivity index (χ1n) is 9.09. The van der Waals surface area contributed by atoms with Crippen LogP contribution < -0.4 is 5.32 Å². The molecular formula is C20H21ClN2O3S. The van der Waals surface area contributed by atoms with Crippen molar-refractivity contribution in [2.24, 2.45) is 0 Å². The number of nitrogens with zero attached hydrogens (tertiary/aromatic N) is 1. The minimum Gasteiger partial charge on any atom is -0.384 e. The monoisotopic (exact) mass is 404 g/mol. The summed E-state index contributed by atoms with van der Waals surface area (Å²) in [5, 5.41) is 13.7. The number of thiophene rings is 1. The van der Waals surface area contributed by atoms with Gasteiger partial charge in [-0.3, -0.25) is 14.5 Å². The highest BCUT2D eigenvalue weighted by Crippen LogP contribution is 2.38. The Morgan fingerprint density at radius 3 is 2.70 bits per heavy atom. The van der Waals surface area contributed by atoms with E-state index in [-0.39, 0.29) is 11.7 Å². The lowest BCUT2D eigenvalue weighted by Gasteiger charge is -2.37. The van der Waals surface area contributed by atoms with Crippen molar-refractivity contribution < 1.29 is 14.7 Å². The van der Waals surface area contributed by atoms with Crippen LogP contribution in [-0.2, 0) is 16.8 Å². The van der Waals surface area contributed by atoms with Gasteiger partial charge in [0.25, 0.3) is 0 Å². The number of aryl methyl sites for hydroxylation is 1. The number of halogens is 1. The molecule has 0 radical (unpaired) electrons. The van der Waals surface area contributed by atoms with Gasteiger partial charge in [-0.2, -0.15) is 0 Å². The molecule has 27 heavy (non-hydrogen) atoms. The number of Topliss-reactive ketones (excluding diaryl/α,β-unsaturated/α-hetero) is 1. The number of benzene rings is 1. The second-order valence-electron chi connectivity index (χ2n) is 7.25. The highest BCUT2D eigenvalue weighted by Gasteiger charge is 2.35. The van der Waals surface area contributed by atoms with Crippen LogP contribution in [0.25, 0.3) is 0 Å². The minimum atomic E-state index is -0.846. The molecule has 2 N–H and O–H groups in total. The number of ketones is 1. The van der Waals surface area contributed by atoms with E-state index < -0.39 is 5.60 Å². The molecule has 5 nitrogen and oxygen atoms in total. The fourth-order valence-electron chi connectivity index (χ4n) is 3.74. The average molecular weight is 405 g/mol. The van der Waals surface area contributed by atoms with Gasteiger partial charge < -0.3 is 10.4 Å². The standard InChI is InChI=1S/C20H21ClN2O3S/c21-18-5-4-17(27-18)20(26)7-9-23(10-8-20)12-16(24)14-1-3-15-13(11-14)2-6-19(25)22-15/h1,3-5,11,26H,2,6-10,12H2,(H,22,25). The molecule has 0 spiro atoms. The number of aliphatic hydroxyl groups is 1. The van der Waals surface area contributed by atoms with Gasteiger partial charge in [0.15, 0.2) is 5.78 Å². The molecule has 1 fully saturated rings. The van der Waals surface area contributed by atoms with E-state index in [0.29, 0.717) is 55.2 Å². The van der Waals surface area contributed by atoms with Crippen molar-refractivity contribution in [1.82, 2.24) is 4.90 Å². The summed E-state index contributed by atoms with van der Waals surface area (Å²) in [6, 6.07) is 9.19. The largest absolute Gasteiger partial charge is 0.384 e. The highest BCUT2D eigenvalue weighted by molar-refractivity contribution is 7.16. The third-order valence-electron chi connectivity index (χ3n) is 5.40. The Balaban J connectivity index is 1.38. The molecule has 1 aromatic carbocycles. The van der Waals surface area contributed by atoms with E-state index in [4.69, 9.17) is 11.6 Å². The van der Waals surface area contributed by atoms with Crippen molar-refractivity contribution >= 4 is 40.3 Å². The van der Waals surface area contributed by atoms with Gasteiger partial charge >= 0.3 is 0 Å². The van der Waals surface area contributed by atoms with Crippen molar-refractivity contribution in [3.8, 4) is 0 Å². The fourth-order valence-corrected chi connectivity index (χ4v) is 4.93. The van der Waals surface area contributed by atoms with Crippen LogP contribution in [0, 0.1) is 0 Å². The number of amides is 1. The van der Waals surface area contributed by atoms with Crippen LogP contribution in [0.3, 0.4) is 0 Å². The molecule has 142 valence electrons. The maximum Gasteiger partial charge on any atom is 0.224 e. The lowest BCUT2D eigenvalue weighted by atomic mass is 9.89. The van der Waals surface area contributed by atoms with E-state index in [1.165, 1.54) is 11.3 Å². The first-order valence-corrected chi connectivity index (χ1v) is 10.3. The van der Waals surface area contributed by atoms with Gasteiger partial charge in [0.1, 0.15) is 5.60 Å². The van der Waals surface area contributed by atoms with Crippen LogP contribution in [0.4, 0.5) is 5.69 Å². The molecule has 0 saturated carbocycles. The maximum atomic E-state index is 12.7. The molecule has 1 amide bonds. The third-order valence-corrected chi connectivity index (χ3v) is 6.83. The van der Waals surface area contributed by atoms with E-state index >= 15 is 0 Å². The maximum absolute atomic E-state index is 12.7. The number of hydrogen-bond donors (Lipinski definition) is 2. The molecule has 2 aromatic rings. The Morgan fingerprint density at radius 2 is 2.00 bits per heavy atom. The van der Waals surface area contributed by atoms with Crippen molar-refractivity contribution in [1.29, 1.82) is 0 Å². The summed E-state index contributed by atoms with van der Waals surface area (Å²) in [4.78, 5) is 27.1. The van der Waals surface area contributed by atoms with E-state index in [1.54, 1.807) is 6.07 Å². The number of anilines is 1. The van der Waals surface area contributed by atoms with E-state index in [9.17, 15) is 14.7 Å². The topological polar surface area (TPSA) is 69.6 Å². The van der Waals surface area contributed by atoms with E-state index in [2.05, 4.69) is 10.2 Å². The molecular weight excluding hydrogens is 384 g/mol. The van der Waals surface area contributed by atoms with Gasteiger partial charge in [0, 0.05) is 35.6 Å². The van der Waals surface area contributed by atoms with Crippen molar-refractivity contribution in [2.75, 3.05) is 25.0 Å². The summed E-state index contributed by atoms with van der Waals surface area (Å²) in [6.07, 6.45) is 2.31. The zero-order valence-corrected chi connectivity index (χ0v) is 16.4. The van der Waals surface area contributed by atoms with Gasteiger partial charge in [-0.1, -0.05) is 11.6 Å². The summed E-state index contributed by atoms with van der Waals surface area (Å²) in [5.74, 6) is 0.0914. The van der Waals surface area contributed by atoms with Crippen LogP contribution >= 0.6 is 22.9 Å². The SMILES string of the molecule is O=C1CCc2cc(C(=O)CN3CCC(O)(c4ccc(Cl)s4)CC3)ccc2N1. The first kappa shape index (κ1) is 18.6. The predicted molar refractivity (Wildman–Crippen MR) is 107 cm³/mol. The number of carbonyl (C=O) groups excluding carboxylic acids is 2. The third kappa shape index (κ3) is 3.94. The Bertz CT molecular complexity index is 887. The Hall–Kier alpha value is -1.73. The average Bonchev–Trinajstić information content (AvgIpc) is 3.10. The molecule has 2 aliphatic rings. The normalized spacial score (nSPS) is 19.4. The van der Waals surface area contributed by atoms with Crippen LogP contribution in [0.1, 0.15) is 40.1 Å². The van der Waals surface area contributed by atoms with E-state index in [1.807, 2.05) is 24.3 Å². The number of hydrogen-bond acceptors (Lipinski definition) is 5. The van der Waals surface area contributed by atoms with Crippen LogP contribution in [0.5, 0.6) is 0 Å². The zero-order chi connectivity index (χ0) is 19.0. The van der Waals surface area contributed by atoms with Crippen LogP contribution in [0.2, 0.25) is 4.34 Å². The molecule has 1 saturated heterocycles. The Labute approximate surface area is 166 Å². The second-order valence-corrected chi connectivity index (χ2v) is 8.97. The number of carbonyl (C=O) groups is 2. The lowest BCUT2D eigenvalue weighted by molar-refractivity contribution is -0.116. The number of nitrogens with one attached hydrogen (secondary N) is 1. The summed E-state index contributed by atoms with van der Waals surface area (Å²) in [5.41, 5.74) is 1.65. The van der Waals surface area contributed by atoms with Crippen LogP contribution in [-0.4, -0.2) is 41.3 Å².